The SMILES string of the molecule is C=CC(=O)N1CCN(c2cc3cnc(NC(=C)/C=C4/CN(C)CCC4=C)nc3n(C)c2=O)c2cccc(C)c21. The van der Waals surface area contributed by atoms with Gasteiger partial charge >= 0.3 is 0 Å². The number of amides is 1. The summed E-state index contributed by atoms with van der Waals surface area (Å²) in [6.07, 6.45) is 5.93. The van der Waals surface area contributed by atoms with Crippen molar-refractivity contribution in [3.8, 4) is 0 Å². The third-order valence-corrected chi connectivity index (χ3v) is 7.30. The van der Waals surface area contributed by atoms with E-state index in [9.17, 15) is 9.59 Å². The Hall–Kier alpha value is -4.50. The number of rotatable bonds is 5. The van der Waals surface area contributed by atoms with E-state index < -0.39 is 0 Å². The molecule has 0 saturated carbocycles. The van der Waals surface area contributed by atoms with Crippen LogP contribution >= 0.6 is 0 Å². The number of allylic oxidation sites excluding steroid dienone is 1. The van der Waals surface area contributed by atoms with Crippen molar-refractivity contribution >= 4 is 40.0 Å². The minimum Gasteiger partial charge on any atom is -0.333 e. The van der Waals surface area contributed by atoms with Crippen LogP contribution in [0.15, 0.2) is 84.0 Å². The number of hydrogen-bond acceptors (Lipinski definition) is 7. The Morgan fingerprint density at radius 2 is 1.95 bits per heavy atom. The van der Waals surface area contributed by atoms with Crippen molar-refractivity contribution in [1.29, 1.82) is 0 Å². The van der Waals surface area contributed by atoms with Crippen LogP contribution in [0.2, 0.25) is 0 Å². The van der Waals surface area contributed by atoms with E-state index in [0.717, 1.165) is 53.0 Å². The summed E-state index contributed by atoms with van der Waals surface area (Å²) in [5, 5.41) is 3.88. The summed E-state index contributed by atoms with van der Waals surface area (Å²) < 4.78 is 1.54. The van der Waals surface area contributed by atoms with Crippen molar-refractivity contribution < 1.29 is 4.79 Å². The van der Waals surface area contributed by atoms with E-state index in [1.54, 1.807) is 18.1 Å². The molecule has 1 saturated heterocycles. The standard InChI is InChI=1S/C30H33N7O2/c1-7-26(38)37-14-13-36(24-10-8-9-20(3)27(24)37)25-16-22-17-31-30(33-28(22)35(6)29(25)39)32-21(4)15-23-18-34(5)12-11-19(23)2/h7-10,15-17H,1-2,4,11-14,18H2,3,5-6H3,(H,31,32,33)/b23-15-. The van der Waals surface area contributed by atoms with Crippen LogP contribution < -0.4 is 20.7 Å². The highest BCUT2D eigenvalue weighted by molar-refractivity contribution is 6.05. The van der Waals surface area contributed by atoms with Gasteiger partial charge in [-0.2, -0.15) is 4.98 Å². The molecule has 0 aliphatic carbocycles. The van der Waals surface area contributed by atoms with Gasteiger partial charge in [0.1, 0.15) is 11.3 Å². The first kappa shape index (κ1) is 26.1. The van der Waals surface area contributed by atoms with E-state index in [0.29, 0.717) is 36.1 Å². The molecule has 39 heavy (non-hydrogen) atoms. The number of anilines is 4. The van der Waals surface area contributed by atoms with Crippen molar-refractivity contribution in [1.82, 2.24) is 19.4 Å². The van der Waals surface area contributed by atoms with E-state index >= 15 is 0 Å². The number of carbonyl (C=O) groups is 1. The number of piperidine rings is 1. The number of hydrogen-bond donors (Lipinski definition) is 1. The predicted molar refractivity (Wildman–Crippen MR) is 158 cm³/mol. The number of likely N-dealkylation sites (N-methyl/N-ethyl adjacent to an activating group) is 1. The summed E-state index contributed by atoms with van der Waals surface area (Å²) in [4.78, 5) is 41.2. The molecule has 1 fully saturated rings. The first-order chi connectivity index (χ1) is 18.7. The fourth-order valence-corrected chi connectivity index (χ4v) is 5.21. The van der Waals surface area contributed by atoms with Gasteiger partial charge in [-0.25, -0.2) is 4.98 Å². The number of nitrogens with one attached hydrogen (secondary N) is 1. The first-order valence-corrected chi connectivity index (χ1v) is 12.9. The molecule has 0 atom stereocenters. The highest BCUT2D eigenvalue weighted by Gasteiger charge is 2.29. The van der Waals surface area contributed by atoms with Gasteiger partial charge in [-0.15, -0.1) is 0 Å². The third-order valence-electron chi connectivity index (χ3n) is 7.30. The zero-order valence-corrected chi connectivity index (χ0v) is 22.7. The second kappa shape index (κ2) is 10.3. The molecule has 1 amide bonds. The molecule has 0 bridgehead atoms. The van der Waals surface area contributed by atoms with Gasteiger partial charge in [0.05, 0.1) is 11.4 Å². The molecule has 9 nitrogen and oxygen atoms in total. The Morgan fingerprint density at radius 1 is 1.15 bits per heavy atom. The van der Waals surface area contributed by atoms with Gasteiger partial charge < -0.3 is 20.0 Å². The lowest BCUT2D eigenvalue weighted by Crippen LogP contribution is -2.43. The molecule has 9 heteroatoms. The zero-order valence-electron chi connectivity index (χ0n) is 22.7. The normalized spacial score (nSPS) is 16.9. The van der Waals surface area contributed by atoms with Gasteiger partial charge in [0.2, 0.25) is 5.95 Å². The van der Waals surface area contributed by atoms with Gasteiger partial charge in [0.15, 0.2) is 0 Å². The van der Waals surface area contributed by atoms with E-state index in [2.05, 4.69) is 47.0 Å². The number of nitrogens with zero attached hydrogens (tertiary/aromatic N) is 6. The molecule has 0 unspecified atom stereocenters. The van der Waals surface area contributed by atoms with Gasteiger partial charge in [-0.1, -0.05) is 31.9 Å². The number of carbonyl (C=O) groups excluding carboxylic acids is 1. The minimum atomic E-state index is -0.189. The summed E-state index contributed by atoms with van der Waals surface area (Å²) in [7, 11) is 3.79. The van der Waals surface area contributed by atoms with Crippen molar-refractivity contribution in [2.45, 2.75) is 13.3 Å². The maximum atomic E-state index is 13.6. The van der Waals surface area contributed by atoms with Gasteiger partial charge in [0, 0.05) is 50.5 Å². The predicted octanol–water partition coefficient (Wildman–Crippen LogP) is 4.05. The molecular weight excluding hydrogens is 490 g/mol. The smallest absolute Gasteiger partial charge is 0.275 e. The summed E-state index contributed by atoms with van der Waals surface area (Å²) >= 11 is 0. The Labute approximate surface area is 228 Å². The number of benzene rings is 1. The summed E-state index contributed by atoms with van der Waals surface area (Å²) in [6.45, 7) is 16.6. The summed E-state index contributed by atoms with van der Waals surface area (Å²) in [5.74, 6) is 0.196. The lowest BCUT2D eigenvalue weighted by Gasteiger charge is -2.38. The van der Waals surface area contributed by atoms with E-state index in [1.165, 1.54) is 10.6 Å². The van der Waals surface area contributed by atoms with Crippen molar-refractivity contribution in [3.05, 3.63) is 95.1 Å². The van der Waals surface area contributed by atoms with E-state index in [1.807, 2.05) is 42.2 Å². The Morgan fingerprint density at radius 3 is 2.72 bits per heavy atom. The van der Waals surface area contributed by atoms with Gasteiger partial charge in [-0.3, -0.25) is 14.2 Å². The average molecular weight is 524 g/mol. The second-order valence-electron chi connectivity index (χ2n) is 10.1. The van der Waals surface area contributed by atoms with Crippen LogP contribution in [-0.2, 0) is 11.8 Å². The van der Waals surface area contributed by atoms with Crippen LogP contribution in [0, 0.1) is 6.92 Å². The summed E-state index contributed by atoms with van der Waals surface area (Å²) in [6, 6.07) is 7.63. The first-order valence-electron chi connectivity index (χ1n) is 12.9. The molecule has 3 aromatic rings. The number of fused-ring (bicyclic) bond motifs is 2. The molecule has 5 rings (SSSR count). The fraction of sp³-hybridized carbons (Fsp3) is 0.267. The van der Waals surface area contributed by atoms with Crippen molar-refractivity contribution in [3.63, 3.8) is 0 Å². The molecular formula is C30H33N7O2. The largest absolute Gasteiger partial charge is 0.333 e. The maximum Gasteiger partial charge on any atom is 0.275 e. The van der Waals surface area contributed by atoms with Crippen LogP contribution in [0.1, 0.15) is 12.0 Å². The minimum absolute atomic E-state index is 0.165. The Balaban J connectivity index is 1.48. The third kappa shape index (κ3) is 4.88. The summed E-state index contributed by atoms with van der Waals surface area (Å²) in [5.41, 5.74) is 6.24. The molecule has 1 aromatic carbocycles. The monoisotopic (exact) mass is 523 g/mol. The molecule has 0 radical (unpaired) electrons. The zero-order chi connectivity index (χ0) is 27.8. The lowest BCUT2D eigenvalue weighted by molar-refractivity contribution is -0.114. The topological polar surface area (TPSA) is 86.6 Å². The molecule has 2 aromatic heterocycles. The van der Waals surface area contributed by atoms with E-state index in [4.69, 9.17) is 0 Å². The number of likely N-dealkylation sites (tertiary alicyclic amines) is 1. The van der Waals surface area contributed by atoms with Crippen LogP contribution in [0.4, 0.5) is 23.0 Å². The van der Waals surface area contributed by atoms with Gasteiger partial charge in [-0.05, 0) is 61.4 Å². The quantitative estimate of drug-likeness (QED) is 0.505. The highest BCUT2D eigenvalue weighted by Crippen LogP contribution is 2.39. The van der Waals surface area contributed by atoms with Crippen molar-refractivity contribution in [2.75, 3.05) is 48.3 Å². The van der Waals surface area contributed by atoms with E-state index in [-0.39, 0.29) is 11.5 Å². The molecule has 2 aliphatic rings. The van der Waals surface area contributed by atoms with Crippen molar-refractivity contribution in [2.24, 2.45) is 7.05 Å². The lowest BCUT2D eigenvalue weighted by atomic mass is 9.99. The molecule has 200 valence electrons. The second-order valence-corrected chi connectivity index (χ2v) is 10.1. The van der Waals surface area contributed by atoms with Crippen LogP contribution in [0.25, 0.3) is 11.0 Å². The molecule has 1 N–H and O–H groups in total. The highest BCUT2D eigenvalue weighted by atomic mass is 16.2. The Bertz CT molecular complexity index is 1620. The number of para-hydroxylation sites is 1. The van der Waals surface area contributed by atoms with Gasteiger partial charge in [0.25, 0.3) is 11.5 Å². The van der Waals surface area contributed by atoms with Crippen LogP contribution in [0.3, 0.4) is 0 Å². The number of aromatic nitrogens is 3. The number of pyridine rings is 1. The molecule has 0 spiro atoms. The Kier molecular flexibility index (Phi) is 6.93. The molecule has 4 heterocycles. The maximum absolute atomic E-state index is 13.6. The number of aryl methyl sites for hydroxylation is 2. The van der Waals surface area contributed by atoms with Crippen LogP contribution in [0.5, 0.6) is 0 Å². The molecule has 2 aliphatic heterocycles. The average Bonchev–Trinajstić information content (AvgIpc) is 2.92. The fourth-order valence-electron chi connectivity index (χ4n) is 5.21. The van der Waals surface area contributed by atoms with Crippen LogP contribution in [-0.4, -0.2) is 58.6 Å².